The van der Waals surface area contributed by atoms with Crippen molar-refractivity contribution in [2.24, 2.45) is 0 Å². The van der Waals surface area contributed by atoms with Crippen LogP contribution in [0.3, 0.4) is 0 Å². The summed E-state index contributed by atoms with van der Waals surface area (Å²) in [6.07, 6.45) is 8.08. The molecule has 1 aliphatic rings. The van der Waals surface area contributed by atoms with Gasteiger partial charge in [0.1, 0.15) is 5.75 Å². The smallest absolute Gasteiger partial charge is 0.233 e. The lowest BCUT2D eigenvalue weighted by atomic mass is 9.97. The molecule has 7 nitrogen and oxygen atoms in total. The predicted molar refractivity (Wildman–Crippen MR) is 100 cm³/mol. The molecule has 1 atom stereocenters. The minimum absolute atomic E-state index is 0.0216. The summed E-state index contributed by atoms with van der Waals surface area (Å²) < 4.78 is 1.56. The van der Waals surface area contributed by atoms with E-state index in [1.165, 1.54) is 30.2 Å². The highest BCUT2D eigenvalue weighted by Gasteiger charge is 2.19. The number of amides is 1. The highest BCUT2D eigenvalue weighted by atomic mass is 32.2. The van der Waals surface area contributed by atoms with Gasteiger partial charge in [-0.2, -0.15) is 4.68 Å². The van der Waals surface area contributed by atoms with Crippen molar-refractivity contribution >= 4 is 17.7 Å². The number of benzene rings is 1. The van der Waals surface area contributed by atoms with Gasteiger partial charge in [0.15, 0.2) is 0 Å². The van der Waals surface area contributed by atoms with Gasteiger partial charge in [0, 0.05) is 6.54 Å². The minimum Gasteiger partial charge on any atom is -0.508 e. The maximum absolute atomic E-state index is 12.3. The van der Waals surface area contributed by atoms with E-state index in [2.05, 4.69) is 26.9 Å². The van der Waals surface area contributed by atoms with Crippen LogP contribution in [-0.4, -0.2) is 43.0 Å². The quantitative estimate of drug-likeness (QED) is 0.573. The van der Waals surface area contributed by atoms with Crippen molar-refractivity contribution in [2.75, 3.05) is 6.54 Å². The fourth-order valence-electron chi connectivity index (χ4n) is 2.84. The highest BCUT2D eigenvalue weighted by Crippen LogP contribution is 2.24. The number of hydrogen-bond acceptors (Lipinski definition) is 6. The van der Waals surface area contributed by atoms with E-state index >= 15 is 0 Å². The molecular weight excluding hydrogens is 350 g/mol. The lowest BCUT2D eigenvalue weighted by Gasteiger charge is -2.14. The van der Waals surface area contributed by atoms with Gasteiger partial charge in [-0.1, -0.05) is 23.4 Å². The van der Waals surface area contributed by atoms with Crippen LogP contribution in [0.5, 0.6) is 5.75 Å². The largest absolute Gasteiger partial charge is 0.508 e. The van der Waals surface area contributed by atoms with E-state index in [1.54, 1.807) is 28.9 Å². The number of phenolic OH excluding ortho intramolecular Hbond substituents is 1. The van der Waals surface area contributed by atoms with Gasteiger partial charge < -0.3 is 10.4 Å². The van der Waals surface area contributed by atoms with Crippen LogP contribution in [-0.2, 0) is 4.79 Å². The molecule has 2 N–H and O–H groups in total. The summed E-state index contributed by atoms with van der Waals surface area (Å²) >= 11 is 1.31. The van der Waals surface area contributed by atoms with Crippen molar-refractivity contribution in [1.29, 1.82) is 0 Å². The maximum Gasteiger partial charge on any atom is 0.233 e. The molecule has 1 aliphatic carbocycles. The van der Waals surface area contributed by atoms with Gasteiger partial charge in [-0.3, -0.25) is 4.79 Å². The summed E-state index contributed by atoms with van der Waals surface area (Å²) in [6, 6.07) is 6.58. The van der Waals surface area contributed by atoms with Crippen LogP contribution in [0.2, 0.25) is 0 Å². The Kier molecular flexibility index (Phi) is 6.27. The van der Waals surface area contributed by atoms with E-state index in [0.717, 1.165) is 24.9 Å². The molecule has 0 saturated carbocycles. The number of nitrogens with zero attached hydrogens (tertiary/aromatic N) is 4. The van der Waals surface area contributed by atoms with E-state index in [0.29, 0.717) is 11.7 Å². The van der Waals surface area contributed by atoms with Crippen molar-refractivity contribution < 1.29 is 9.90 Å². The van der Waals surface area contributed by atoms with E-state index in [-0.39, 0.29) is 16.9 Å². The molecule has 26 heavy (non-hydrogen) atoms. The Morgan fingerprint density at radius 2 is 2.15 bits per heavy atom. The van der Waals surface area contributed by atoms with Crippen LogP contribution >= 0.6 is 11.8 Å². The topological polar surface area (TPSA) is 92.9 Å². The van der Waals surface area contributed by atoms with Crippen molar-refractivity contribution in [1.82, 2.24) is 25.5 Å². The molecule has 0 saturated heterocycles. The van der Waals surface area contributed by atoms with Gasteiger partial charge in [0.05, 0.1) is 10.9 Å². The van der Waals surface area contributed by atoms with Gasteiger partial charge in [-0.05, 0) is 73.7 Å². The number of aromatic hydroxyl groups is 1. The van der Waals surface area contributed by atoms with Gasteiger partial charge in [-0.25, -0.2) is 0 Å². The third kappa shape index (κ3) is 4.85. The summed E-state index contributed by atoms with van der Waals surface area (Å²) in [7, 11) is 0. The molecule has 1 amide bonds. The van der Waals surface area contributed by atoms with Crippen molar-refractivity contribution in [3.05, 3.63) is 35.9 Å². The summed E-state index contributed by atoms with van der Waals surface area (Å²) in [5.74, 6) is 0.156. The first-order valence-corrected chi connectivity index (χ1v) is 9.71. The monoisotopic (exact) mass is 373 g/mol. The number of phenols is 1. The summed E-state index contributed by atoms with van der Waals surface area (Å²) in [5, 5.41) is 24.3. The number of thioether (sulfide) groups is 1. The van der Waals surface area contributed by atoms with Crippen LogP contribution in [0.1, 0.15) is 39.0 Å². The van der Waals surface area contributed by atoms with Gasteiger partial charge in [0.25, 0.3) is 0 Å². The molecule has 2 aromatic rings. The first kappa shape index (κ1) is 18.4. The first-order valence-electron chi connectivity index (χ1n) is 8.83. The normalized spacial score (nSPS) is 15.3. The average Bonchev–Trinajstić information content (AvgIpc) is 3.11. The van der Waals surface area contributed by atoms with Gasteiger partial charge in [0.2, 0.25) is 11.1 Å². The van der Waals surface area contributed by atoms with Crippen molar-refractivity contribution in [2.45, 2.75) is 49.4 Å². The van der Waals surface area contributed by atoms with Crippen molar-refractivity contribution in [3.63, 3.8) is 0 Å². The summed E-state index contributed by atoms with van der Waals surface area (Å²) in [6.45, 7) is 2.51. The summed E-state index contributed by atoms with van der Waals surface area (Å²) in [5.41, 5.74) is 2.18. The molecule has 3 rings (SSSR count). The molecule has 0 fully saturated rings. The van der Waals surface area contributed by atoms with Crippen LogP contribution in [0, 0.1) is 0 Å². The molecule has 0 aliphatic heterocycles. The molecule has 0 radical (unpaired) electrons. The number of allylic oxidation sites excluding steroid dienone is 1. The van der Waals surface area contributed by atoms with E-state index < -0.39 is 0 Å². The second-order valence-electron chi connectivity index (χ2n) is 6.30. The first-order chi connectivity index (χ1) is 12.6. The number of carbonyl (C=O) groups excluding carboxylic acids is 1. The molecule has 138 valence electrons. The predicted octanol–water partition coefficient (Wildman–Crippen LogP) is 2.86. The Labute approximate surface area is 156 Å². The Morgan fingerprint density at radius 3 is 2.88 bits per heavy atom. The molecular formula is C18H23N5O2S. The fraction of sp³-hybridized carbons (Fsp3) is 0.444. The number of aromatic nitrogens is 4. The molecule has 1 aromatic heterocycles. The molecule has 8 heteroatoms. The number of rotatable bonds is 7. The molecule has 0 unspecified atom stereocenters. The average molecular weight is 373 g/mol. The number of carbonyl (C=O) groups is 1. The Hall–Kier alpha value is -2.35. The third-order valence-corrected chi connectivity index (χ3v) is 5.35. The van der Waals surface area contributed by atoms with Crippen LogP contribution in [0.4, 0.5) is 0 Å². The summed E-state index contributed by atoms with van der Waals surface area (Å²) in [4.78, 5) is 12.3. The van der Waals surface area contributed by atoms with Crippen molar-refractivity contribution in [3.8, 4) is 11.4 Å². The molecule has 1 heterocycles. The molecule has 0 bridgehead atoms. The molecule has 0 spiro atoms. The zero-order chi connectivity index (χ0) is 18.4. The Morgan fingerprint density at radius 1 is 1.35 bits per heavy atom. The Bertz CT molecular complexity index is 772. The number of tetrazole rings is 1. The number of nitrogens with one attached hydrogen (secondary N) is 1. The van der Waals surface area contributed by atoms with E-state index in [4.69, 9.17) is 0 Å². The number of hydrogen-bond donors (Lipinski definition) is 2. The SMILES string of the molecule is C[C@@H](Sc1nnnn1-c1ccc(O)cc1)C(=O)NCCC1=CCCCC1. The zero-order valence-electron chi connectivity index (χ0n) is 14.8. The van der Waals surface area contributed by atoms with Gasteiger partial charge >= 0.3 is 0 Å². The van der Waals surface area contributed by atoms with Crippen LogP contribution < -0.4 is 5.32 Å². The van der Waals surface area contributed by atoms with E-state index in [1.807, 2.05) is 6.92 Å². The van der Waals surface area contributed by atoms with E-state index in [9.17, 15) is 9.90 Å². The second kappa shape index (κ2) is 8.84. The van der Waals surface area contributed by atoms with Crippen LogP contribution in [0.15, 0.2) is 41.1 Å². The fourth-order valence-corrected chi connectivity index (χ4v) is 3.67. The second-order valence-corrected chi connectivity index (χ2v) is 7.61. The van der Waals surface area contributed by atoms with Gasteiger partial charge in [-0.15, -0.1) is 5.10 Å². The third-order valence-electron chi connectivity index (χ3n) is 4.32. The molecule has 1 aromatic carbocycles. The maximum atomic E-state index is 12.3. The minimum atomic E-state index is -0.308. The lowest BCUT2D eigenvalue weighted by molar-refractivity contribution is -0.120. The highest BCUT2D eigenvalue weighted by molar-refractivity contribution is 8.00. The Balaban J connectivity index is 1.53. The standard InChI is InChI=1S/C18H23N5O2S/c1-13(17(25)19-12-11-14-5-3-2-4-6-14)26-18-20-21-22-23(18)15-7-9-16(24)10-8-15/h5,7-10,13,24H,2-4,6,11-12H2,1H3,(H,19,25)/t13-/m1/s1. The lowest BCUT2D eigenvalue weighted by Crippen LogP contribution is -2.32. The zero-order valence-corrected chi connectivity index (χ0v) is 15.6. The van der Waals surface area contributed by atoms with Crippen LogP contribution in [0.25, 0.3) is 5.69 Å².